The van der Waals surface area contributed by atoms with Crippen molar-refractivity contribution in [3.63, 3.8) is 0 Å². The summed E-state index contributed by atoms with van der Waals surface area (Å²) in [4.78, 5) is 0. The van der Waals surface area contributed by atoms with Crippen molar-refractivity contribution >= 4 is 0 Å². The average Bonchev–Trinajstić information content (AvgIpc) is 0.918. The zero-order valence-electron chi connectivity index (χ0n) is 1.15. The summed E-state index contributed by atoms with van der Waals surface area (Å²) < 4.78 is 17.0. The van der Waals surface area contributed by atoms with Crippen LogP contribution in [0.4, 0.5) is 0 Å². The Bertz CT molecular complexity index is 27.0. The second-order valence-corrected chi connectivity index (χ2v) is 0.455. The minimum absolute atomic E-state index is 0. The molecule has 0 aromatic heterocycles. The van der Waals surface area contributed by atoms with Crippen molar-refractivity contribution in [1.82, 2.24) is 0 Å². The zero-order chi connectivity index (χ0) is 2.71. The second-order valence-electron chi connectivity index (χ2n) is 0.0556. The van der Waals surface area contributed by atoms with Gasteiger partial charge in [-0.05, 0) is 0 Å². The monoisotopic (exact) mass is 241 g/mol. The first-order valence-corrected chi connectivity index (χ1v) is 2.23. The minimum atomic E-state index is -2.00. The van der Waals surface area contributed by atoms with Gasteiger partial charge in [0.05, 0.1) is 0 Å². The van der Waals surface area contributed by atoms with Gasteiger partial charge in [0.15, 0.2) is 0 Å². The molecule has 2 nitrogen and oxygen atoms in total. The van der Waals surface area contributed by atoms with Crippen LogP contribution in [-0.2, 0) is 24.6 Å². The molecule has 29 valence electrons. The van der Waals surface area contributed by atoms with Gasteiger partial charge >= 0.3 is 24.6 Å². The van der Waals surface area contributed by atoms with E-state index in [-0.39, 0.29) is 7.43 Å². The molecule has 0 unspecified atom stereocenters. The maximum absolute atomic E-state index is 8.50. The van der Waals surface area contributed by atoms with Gasteiger partial charge in [-0.15, -0.1) is 0 Å². The summed E-state index contributed by atoms with van der Waals surface area (Å²) in [6.45, 7) is 0. The molecule has 0 N–H and O–H groups in total. The molecule has 0 aliphatic heterocycles. The summed E-state index contributed by atoms with van der Waals surface area (Å²) in [5.74, 6) is 0. The van der Waals surface area contributed by atoms with Crippen LogP contribution in [0.1, 0.15) is 7.43 Å². The van der Waals surface area contributed by atoms with Gasteiger partial charge in [-0.3, -0.25) is 0 Å². The Morgan fingerprint density at radius 1 is 1.25 bits per heavy atom. The van der Waals surface area contributed by atoms with Crippen LogP contribution in [0.2, 0.25) is 0 Å². The first-order valence-electron chi connectivity index (χ1n) is 0.272. The molecular weight excluding hydrogens is 236 g/mol. The van der Waals surface area contributed by atoms with Crippen molar-refractivity contribution in [2.24, 2.45) is 0 Å². The molecule has 0 bridgehead atoms. The fraction of sp³-hybridized carbons (Fsp3) is 1.00. The molecule has 0 fully saturated rings. The van der Waals surface area contributed by atoms with Crippen LogP contribution in [-0.4, -0.2) is 0 Å². The molecular formula is CH4IrO2. The van der Waals surface area contributed by atoms with E-state index in [2.05, 4.69) is 0 Å². The summed E-state index contributed by atoms with van der Waals surface area (Å²) in [7, 11) is 0. The molecule has 0 aromatic rings. The summed E-state index contributed by atoms with van der Waals surface area (Å²) >= 11 is -2.00. The third-order valence-electron chi connectivity index (χ3n) is 0. The van der Waals surface area contributed by atoms with E-state index < -0.39 is 17.6 Å². The molecule has 0 spiro atoms. The zero-order valence-corrected chi connectivity index (χ0v) is 3.54. The Morgan fingerprint density at radius 3 is 1.25 bits per heavy atom. The third kappa shape index (κ3) is 56.5. The van der Waals surface area contributed by atoms with Crippen molar-refractivity contribution in [3.8, 4) is 0 Å². The first-order chi connectivity index (χ1) is 1.41. The second kappa shape index (κ2) is 10.5. The quantitative estimate of drug-likeness (QED) is 0.614. The normalized spacial score (nSPS) is 4.00. The van der Waals surface area contributed by atoms with Crippen LogP contribution in [0.5, 0.6) is 0 Å². The molecule has 0 saturated heterocycles. The van der Waals surface area contributed by atoms with E-state index in [0.717, 1.165) is 0 Å². The molecule has 0 amide bonds. The van der Waals surface area contributed by atoms with Gasteiger partial charge in [0.1, 0.15) is 0 Å². The van der Waals surface area contributed by atoms with Gasteiger partial charge in [0.25, 0.3) is 0 Å². The molecule has 3 heteroatoms. The van der Waals surface area contributed by atoms with Crippen molar-refractivity contribution in [2.45, 2.75) is 7.43 Å². The number of hydrogen-bond acceptors (Lipinski definition) is 2. The Labute approximate surface area is 32.7 Å². The van der Waals surface area contributed by atoms with Gasteiger partial charge in [-0.25, -0.2) is 0 Å². The Morgan fingerprint density at radius 2 is 1.25 bits per heavy atom. The maximum atomic E-state index is 8.50. The Kier molecular flexibility index (Phi) is 23.3. The Balaban J connectivity index is 0. The molecule has 4 heavy (non-hydrogen) atoms. The SMILES string of the molecule is C.[O]=[Ir]=[O]. The third-order valence-corrected chi connectivity index (χ3v) is 0. The molecule has 0 heterocycles. The van der Waals surface area contributed by atoms with Crippen LogP contribution in [0.25, 0.3) is 0 Å². The van der Waals surface area contributed by atoms with Gasteiger partial charge in [-0.2, -0.15) is 0 Å². The van der Waals surface area contributed by atoms with E-state index in [0.29, 0.717) is 0 Å². The molecule has 0 radical (unpaired) electrons. The molecule has 0 atom stereocenters. The Hall–Kier alpha value is 0.249. The van der Waals surface area contributed by atoms with Crippen LogP contribution >= 0.6 is 0 Å². The van der Waals surface area contributed by atoms with E-state index in [1.54, 1.807) is 0 Å². The van der Waals surface area contributed by atoms with E-state index in [9.17, 15) is 0 Å². The van der Waals surface area contributed by atoms with Gasteiger partial charge < -0.3 is 0 Å². The fourth-order valence-electron chi connectivity index (χ4n) is 0. The predicted molar refractivity (Wildman–Crippen MR) is 8.10 cm³/mol. The van der Waals surface area contributed by atoms with E-state index in [4.69, 9.17) is 7.01 Å². The van der Waals surface area contributed by atoms with E-state index in [1.165, 1.54) is 0 Å². The molecule has 0 aromatic carbocycles. The summed E-state index contributed by atoms with van der Waals surface area (Å²) in [5, 5.41) is 0. The van der Waals surface area contributed by atoms with Crippen LogP contribution in [0, 0.1) is 0 Å². The molecule has 0 aliphatic carbocycles. The van der Waals surface area contributed by atoms with Gasteiger partial charge in [0, 0.05) is 0 Å². The van der Waals surface area contributed by atoms with Gasteiger partial charge in [-0.1, -0.05) is 7.43 Å². The average molecular weight is 240 g/mol. The summed E-state index contributed by atoms with van der Waals surface area (Å²) in [5.41, 5.74) is 0. The molecule has 0 saturated carbocycles. The molecule has 0 rings (SSSR count). The predicted octanol–water partition coefficient (Wildman–Crippen LogP) is 0.396. The fourth-order valence-corrected chi connectivity index (χ4v) is 0. The van der Waals surface area contributed by atoms with Crippen molar-refractivity contribution < 1.29 is 24.6 Å². The van der Waals surface area contributed by atoms with Crippen molar-refractivity contribution in [3.05, 3.63) is 0 Å². The number of hydrogen-bond donors (Lipinski definition) is 0. The van der Waals surface area contributed by atoms with Crippen molar-refractivity contribution in [2.75, 3.05) is 0 Å². The topological polar surface area (TPSA) is 34.1 Å². The number of rotatable bonds is 0. The van der Waals surface area contributed by atoms with Crippen LogP contribution in [0.15, 0.2) is 0 Å². The van der Waals surface area contributed by atoms with Gasteiger partial charge in [0.2, 0.25) is 0 Å². The standard InChI is InChI=1S/CH4.Ir.2O/h1H4;;;. The first kappa shape index (κ1) is 8.87. The van der Waals surface area contributed by atoms with Crippen LogP contribution < -0.4 is 0 Å². The summed E-state index contributed by atoms with van der Waals surface area (Å²) in [6, 6.07) is 0. The van der Waals surface area contributed by atoms with E-state index in [1.807, 2.05) is 0 Å². The van der Waals surface area contributed by atoms with E-state index >= 15 is 0 Å². The van der Waals surface area contributed by atoms with Crippen LogP contribution in [0.3, 0.4) is 0 Å². The molecule has 0 aliphatic rings. The summed E-state index contributed by atoms with van der Waals surface area (Å²) in [6.07, 6.45) is 0. The van der Waals surface area contributed by atoms with Crippen molar-refractivity contribution in [1.29, 1.82) is 0 Å².